The molecule has 3 aromatic heterocycles. The quantitative estimate of drug-likeness (QED) is 0.384. The zero-order valence-corrected chi connectivity index (χ0v) is 21.2. The average Bonchev–Trinajstić information content (AvgIpc) is 3.43. The largest absolute Gasteiger partial charge is 0.493 e. The highest BCUT2D eigenvalue weighted by atomic mass is 32.1. The second-order valence-electron chi connectivity index (χ2n) is 8.28. The molecule has 4 aromatic rings. The Bertz CT molecular complexity index is 1420. The smallest absolute Gasteiger partial charge is 0.270 e. The van der Waals surface area contributed by atoms with Crippen molar-refractivity contribution in [2.45, 2.75) is 33.7 Å². The summed E-state index contributed by atoms with van der Waals surface area (Å²) < 4.78 is 12.2. The van der Waals surface area contributed by atoms with Crippen LogP contribution in [0.1, 0.15) is 50.4 Å². The van der Waals surface area contributed by atoms with Gasteiger partial charge in [-0.15, -0.1) is 11.3 Å². The Hall–Kier alpha value is -3.92. The number of methoxy groups -OCH3 is 2. The van der Waals surface area contributed by atoms with Crippen LogP contribution in [0.15, 0.2) is 36.5 Å². The number of nitrogens with one attached hydrogen (secondary N) is 2. The number of nitrogens with zero attached hydrogens (tertiary/aromatic N) is 3. The number of benzene rings is 1. The van der Waals surface area contributed by atoms with E-state index >= 15 is 0 Å². The Morgan fingerprint density at radius 2 is 1.71 bits per heavy atom. The highest BCUT2D eigenvalue weighted by Gasteiger charge is 2.20. The first-order valence-electron chi connectivity index (χ1n) is 11.0. The van der Waals surface area contributed by atoms with Gasteiger partial charge in [-0.3, -0.25) is 20.4 Å². The van der Waals surface area contributed by atoms with Gasteiger partial charge in [-0.25, -0.2) is 9.67 Å². The normalized spacial score (nSPS) is 11.1. The number of pyridine rings is 1. The van der Waals surface area contributed by atoms with E-state index in [0.29, 0.717) is 39.4 Å². The van der Waals surface area contributed by atoms with Crippen molar-refractivity contribution in [3.8, 4) is 22.8 Å². The maximum absolute atomic E-state index is 13.2. The summed E-state index contributed by atoms with van der Waals surface area (Å²) in [7, 11) is 3.00. The molecule has 9 nitrogen and oxygen atoms in total. The zero-order chi connectivity index (χ0) is 25.3. The van der Waals surface area contributed by atoms with Gasteiger partial charge < -0.3 is 9.47 Å². The molecule has 4 rings (SSSR count). The van der Waals surface area contributed by atoms with Crippen molar-refractivity contribution >= 4 is 34.2 Å². The van der Waals surface area contributed by atoms with Crippen LogP contribution in [0.2, 0.25) is 0 Å². The first kappa shape index (κ1) is 24.2. The monoisotopic (exact) mass is 493 g/mol. The number of hydrogen-bond donors (Lipinski definition) is 2. The lowest BCUT2D eigenvalue weighted by Crippen LogP contribution is -2.41. The molecule has 0 unspecified atom stereocenters. The van der Waals surface area contributed by atoms with Crippen molar-refractivity contribution in [2.75, 3.05) is 14.2 Å². The van der Waals surface area contributed by atoms with Crippen LogP contribution in [0.4, 0.5) is 0 Å². The van der Waals surface area contributed by atoms with E-state index in [1.54, 1.807) is 40.4 Å². The third-order valence-electron chi connectivity index (χ3n) is 5.55. The first-order chi connectivity index (χ1) is 16.7. The lowest BCUT2D eigenvalue weighted by Gasteiger charge is -2.12. The minimum absolute atomic E-state index is 0.0567. The van der Waals surface area contributed by atoms with E-state index in [-0.39, 0.29) is 6.04 Å². The number of carbonyl (C=O) groups excluding carboxylic acids is 2. The van der Waals surface area contributed by atoms with E-state index in [4.69, 9.17) is 14.5 Å². The van der Waals surface area contributed by atoms with E-state index in [1.807, 2.05) is 27.7 Å². The standard InChI is InChI=1S/C25H27N5O4S/c1-13(2)30-23-19(12-26-30)18(11-20(27-23)17-9-14(3)35-15(17)4)25(32)29-28-24(31)16-7-8-21(33-5)22(10-16)34-6/h7-13H,1-6H3,(H,28,31)(H,29,32). The van der Waals surface area contributed by atoms with Crippen LogP contribution in [0.5, 0.6) is 11.5 Å². The van der Waals surface area contributed by atoms with Gasteiger partial charge in [-0.2, -0.15) is 5.10 Å². The van der Waals surface area contributed by atoms with Crippen LogP contribution in [0.25, 0.3) is 22.3 Å². The summed E-state index contributed by atoms with van der Waals surface area (Å²) in [6.07, 6.45) is 1.63. The number of aryl methyl sites for hydroxylation is 2. The molecule has 2 N–H and O–H groups in total. The number of ether oxygens (including phenoxy) is 2. The summed E-state index contributed by atoms with van der Waals surface area (Å²) in [4.78, 5) is 33.0. The Morgan fingerprint density at radius 1 is 1.00 bits per heavy atom. The number of carbonyl (C=O) groups is 2. The first-order valence-corrected chi connectivity index (χ1v) is 11.8. The van der Waals surface area contributed by atoms with Crippen molar-refractivity contribution < 1.29 is 19.1 Å². The minimum atomic E-state index is -0.494. The molecule has 0 atom stereocenters. The minimum Gasteiger partial charge on any atom is -0.493 e. The zero-order valence-electron chi connectivity index (χ0n) is 20.4. The van der Waals surface area contributed by atoms with Gasteiger partial charge in [0.05, 0.1) is 37.1 Å². The molecule has 2 amide bonds. The average molecular weight is 494 g/mol. The Balaban J connectivity index is 1.66. The number of hydrazine groups is 1. The summed E-state index contributed by atoms with van der Waals surface area (Å²) in [6, 6.07) is 8.60. The van der Waals surface area contributed by atoms with Crippen LogP contribution in [-0.4, -0.2) is 40.8 Å². The molecular weight excluding hydrogens is 466 g/mol. The molecule has 0 fully saturated rings. The molecule has 3 heterocycles. The predicted octanol–water partition coefficient (Wildman–Crippen LogP) is 4.45. The molecule has 182 valence electrons. The van der Waals surface area contributed by atoms with E-state index in [0.717, 1.165) is 15.3 Å². The van der Waals surface area contributed by atoms with Crippen LogP contribution < -0.4 is 20.3 Å². The lowest BCUT2D eigenvalue weighted by molar-refractivity contribution is 0.0847. The SMILES string of the molecule is COc1ccc(C(=O)NNC(=O)c2cc(-c3cc(C)sc3C)nc3c2cnn3C(C)C)cc1OC. The molecular formula is C25H27N5O4S. The van der Waals surface area contributed by atoms with Crippen LogP contribution in [0, 0.1) is 13.8 Å². The number of fused-ring (bicyclic) bond motifs is 1. The fourth-order valence-electron chi connectivity index (χ4n) is 3.84. The Labute approximate surface area is 207 Å². The molecule has 0 aliphatic heterocycles. The fraction of sp³-hybridized carbons (Fsp3) is 0.280. The van der Waals surface area contributed by atoms with Gasteiger partial charge in [-0.05, 0) is 58.0 Å². The van der Waals surface area contributed by atoms with Gasteiger partial charge in [-0.1, -0.05) is 0 Å². The van der Waals surface area contributed by atoms with Crippen molar-refractivity contribution in [3.63, 3.8) is 0 Å². The van der Waals surface area contributed by atoms with Gasteiger partial charge in [0.25, 0.3) is 11.8 Å². The third-order valence-corrected chi connectivity index (χ3v) is 6.52. The van der Waals surface area contributed by atoms with Gasteiger partial charge in [0.2, 0.25) is 0 Å². The molecule has 0 bridgehead atoms. The van der Waals surface area contributed by atoms with Gasteiger partial charge >= 0.3 is 0 Å². The van der Waals surface area contributed by atoms with Gasteiger partial charge in [0.1, 0.15) is 0 Å². The topological polar surface area (TPSA) is 107 Å². The molecule has 0 spiro atoms. The van der Waals surface area contributed by atoms with Crippen LogP contribution >= 0.6 is 11.3 Å². The second-order valence-corrected chi connectivity index (χ2v) is 9.74. The number of rotatable bonds is 6. The Kier molecular flexibility index (Phi) is 6.74. The van der Waals surface area contributed by atoms with E-state index < -0.39 is 11.8 Å². The predicted molar refractivity (Wildman–Crippen MR) is 135 cm³/mol. The van der Waals surface area contributed by atoms with Crippen LogP contribution in [-0.2, 0) is 0 Å². The van der Waals surface area contributed by atoms with Crippen molar-refractivity contribution in [1.29, 1.82) is 0 Å². The van der Waals surface area contributed by atoms with Crippen LogP contribution in [0.3, 0.4) is 0 Å². The highest BCUT2D eigenvalue weighted by Crippen LogP contribution is 2.32. The fourth-order valence-corrected chi connectivity index (χ4v) is 4.77. The van der Waals surface area contributed by atoms with Crippen molar-refractivity contribution in [1.82, 2.24) is 25.6 Å². The number of thiophene rings is 1. The molecule has 0 aliphatic carbocycles. The van der Waals surface area contributed by atoms with E-state index in [2.05, 4.69) is 22.0 Å². The summed E-state index contributed by atoms with van der Waals surface area (Å²) in [5, 5.41) is 5.04. The van der Waals surface area contributed by atoms with Crippen molar-refractivity contribution in [2.24, 2.45) is 0 Å². The third kappa shape index (κ3) is 4.69. The number of aromatic nitrogens is 3. The van der Waals surface area contributed by atoms with Gasteiger partial charge in [0.15, 0.2) is 17.1 Å². The van der Waals surface area contributed by atoms with E-state index in [9.17, 15) is 9.59 Å². The number of hydrogen-bond acceptors (Lipinski definition) is 7. The van der Waals surface area contributed by atoms with Crippen molar-refractivity contribution in [3.05, 3.63) is 57.4 Å². The number of amides is 2. The molecule has 1 aromatic carbocycles. The maximum Gasteiger partial charge on any atom is 0.270 e. The summed E-state index contributed by atoms with van der Waals surface area (Å²) in [5.41, 5.74) is 7.92. The Morgan fingerprint density at radius 3 is 2.34 bits per heavy atom. The molecule has 0 saturated heterocycles. The molecule has 35 heavy (non-hydrogen) atoms. The summed E-state index contributed by atoms with van der Waals surface area (Å²) >= 11 is 1.67. The molecule has 0 aliphatic rings. The summed E-state index contributed by atoms with van der Waals surface area (Å²) in [6.45, 7) is 8.07. The molecule has 0 radical (unpaired) electrons. The van der Waals surface area contributed by atoms with Gasteiger partial charge in [0, 0.05) is 26.9 Å². The molecule has 0 saturated carbocycles. The second kappa shape index (κ2) is 9.75. The highest BCUT2D eigenvalue weighted by molar-refractivity contribution is 7.12. The van der Waals surface area contributed by atoms with E-state index in [1.165, 1.54) is 20.3 Å². The molecule has 10 heteroatoms. The lowest BCUT2D eigenvalue weighted by atomic mass is 10.1. The summed E-state index contributed by atoms with van der Waals surface area (Å²) in [5.74, 6) is -0.0530. The maximum atomic E-state index is 13.2.